The first-order chi connectivity index (χ1) is 11.0. The average molecular weight is 329 g/mol. The highest BCUT2D eigenvalue weighted by Gasteiger charge is 2.27. The highest BCUT2D eigenvalue weighted by molar-refractivity contribution is 6.30. The third-order valence-electron chi connectivity index (χ3n) is 3.73. The fraction of sp³-hybridized carbons (Fsp3) is 0.222. The minimum Gasteiger partial charge on any atom is -0.372 e. The van der Waals surface area contributed by atoms with Crippen molar-refractivity contribution in [3.05, 3.63) is 70.2 Å². The van der Waals surface area contributed by atoms with Crippen LogP contribution in [0.3, 0.4) is 0 Å². The van der Waals surface area contributed by atoms with Gasteiger partial charge in [0.05, 0.1) is 18.2 Å². The van der Waals surface area contributed by atoms with E-state index < -0.39 is 5.60 Å². The smallest absolute Gasteiger partial charge is 0.251 e. The lowest BCUT2D eigenvalue weighted by molar-refractivity contribution is 0.00315. The van der Waals surface area contributed by atoms with Crippen LogP contribution in [0.2, 0.25) is 5.02 Å². The molecule has 5 heteroatoms. The van der Waals surface area contributed by atoms with E-state index in [2.05, 4.69) is 5.32 Å². The van der Waals surface area contributed by atoms with Crippen molar-refractivity contribution in [1.82, 2.24) is 5.32 Å². The number of methoxy groups -OCH3 is 1. The van der Waals surface area contributed by atoms with E-state index in [9.17, 15) is 4.79 Å². The third-order valence-corrected chi connectivity index (χ3v) is 3.96. The van der Waals surface area contributed by atoms with Crippen LogP contribution in [0.15, 0.2) is 48.5 Å². The minimum absolute atomic E-state index is 0.257. The van der Waals surface area contributed by atoms with Gasteiger partial charge in [0.15, 0.2) is 0 Å². The Balaban J connectivity index is 2.13. The molecule has 0 bridgehead atoms. The number of nitrogens with one attached hydrogen (secondary N) is 1. The molecule has 2 aromatic carbocycles. The molecule has 2 aromatic rings. The molecule has 2 rings (SSSR count). The normalized spacial score (nSPS) is 13.0. The van der Waals surface area contributed by atoms with E-state index in [0.717, 1.165) is 5.56 Å². The lowest BCUT2D eigenvalue weighted by atomic mass is 9.95. The summed E-state index contributed by atoms with van der Waals surface area (Å²) in [5, 5.41) is 12.4. The number of halogens is 1. The third kappa shape index (κ3) is 4.10. The van der Waals surface area contributed by atoms with Gasteiger partial charge in [0, 0.05) is 17.7 Å². The second-order valence-electron chi connectivity index (χ2n) is 5.32. The number of benzene rings is 2. The molecular weight excluding hydrogens is 312 g/mol. The minimum atomic E-state index is -0.701. The van der Waals surface area contributed by atoms with Gasteiger partial charge >= 0.3 is 0 Å². The van der Waals surface area contributed by atoms with Crippen molar-refractivity contribution < 1.29 is 9.53 Å². The molecule has 1 atom stereocenters. The number of ether oxygens (including phenoxy) is 1. The van der Waals surface area contributed by atoms with Gasteiger partial charge < -0.3 is 10.1 Å². The van der Waals surface area contributed by atoms with Crippen LogP contribution < -0.4 is 5.32 Å². The molecule has 0 radical (unpaired) electrons. The van der Waals surface area contributed by atoms with Gasteiger partial charge in [-0.05, 0) is 42.8 Å². The Labute approximate surface area is 140 Å². The standard InChI is InChI=1S/C18H17ClN2O2/c1-18(23-2,15-7-4-8-16(19)10-15)12-21-17(22)14-6-3-5-13(9-14)11-20/h3-10H,12H2,1-2H3,(H,21,22). The lowest BCUT2D eigenvalue weighted by Crippen LogP contribution is -2.40. The first kappa shape index (κ1) is 17.0. The fourth-order valence-corrected chi connectivity index (χ4v) is 2.38. The van der Waals surface area contributed by atoms with Crippen molar-refractivity contribution in [2.45, 2.75) is 12.5 Å². The van der Waals surface area contributed by atoms with Crippen molar-refractivity contribution in [3.63, 3.8) is 0 Å². The summed E-state index contributed by atoms with van der Waals surface area (Å²) in [6.45, 7) is 2.16. The molecule has 4 nitrogen and oxygen atoms in total. The number of amides is 1. The largest absolute Gasteiger partial charge is 0.372 e. The molecule has 0 aromatic heterocycles. The highest BCUT2D eigenvalue weighted by Crippen LogP contribution is 2.26. The summed E-state index contributed by atoms with van der Waals surface area (Å²) < 4.78 is 5.58. The number of hydrogen-bond acceptors (Lipinski definition) is 3. The van der Waals surface area contributed by atoms with Gasteiger partial charge in [0.2, 0.25) is 0 Å². The van der Waals surface area contributed by atoms with Gasteiger partial charge in [-0.1, -0.05) is 29.8 Å². The fourth-order valence-electron chi connectivity index (χ4n) is 2.19. The van der Waals surface area contributed by atoms with Gasteiger partial charge in [-0.25, -0.2) is 0 Å². The van der Waals surface area contributed by atoms with Crippen LogP contribution in [0.1, 0.15) is 28.4 Å². The molecule has 0 saturated heterocycles. The highest BCUT2D eigenvalue weighted by atomic mass is 35.5. The van der Waals surface area contributed by atoms with Crippen molar-refractivity contribution in [2.75, 3.05) is 13.7 Å². The number of carbonyl (C=O) groups is 1. The van der Waals surface area contributed by atoms with E-state index in [1.54, 1.807) is 37.4 Å². The van der Waals surface area contributed by atoms with Crippen LogP contribution in [-0.2, 0) is 10.3 Å². The van der Waals surface area contributed by atoms with Crippen LogP contribution in [0.5, 0.6) is 0 Å². The number of hydrogen-bond donors (Lipinski definition) is 1. The van der Waals surface area contributed by atoms with E-state index in [1.807, 2.05) is 31.2 Å². The SMILES string of the molecule is COC(C)(CNC(=O)c1cccc(C#N)c1)c1cccc(Cl)c1. The Morgan fingerprint density at radius 1 is 1.30 bits per heavy atom. The Morgan fingerprint density at radius 3 is 2.70 bits per heavy atom. The van der Waals surface area contributed by atoms with Crippen LogP contribution in [-0.4, -0.2) is 19.6 Å². The number of nitrogens with zero attached hydrogens (tertiary/aromatic N) is 1. The summed E-state index contributed by atoms with van der Waals surface area (Å²) in [6.07, 6.45) is 0. The quantitative estimate of drug-likeness (QED) is 0.913. The van der Waals surface area contributed by atoms with Gasteiger partial charge in [-0.15, -0.1) is 0 Å². The number of nitriles is 1. The second-order valence-corrected chi connectivity index (χ2v) is 5.76. The maximum Gasteiger partial charge on any atom is 0.251 e. The molecule has 0 fully saturated rings. The molecule has 0 spiro atoms. The number of carbonyl (C=O) groups excluding carboxylic acids is 1. The van der Waals surface area contributed by atoms with Crippen molar-refractivity contribution in [2.24, 2.45) is 0 Å². The summed E-state index contributed by atoms with van der Waals surface area (Å²) >= 11 is 6.03. The zero-order valence-corrected chi connectivity index (χ0v) is 13.7. The molecular formula is C18H17ClN2O2. The van der Waals surface area contributed by atoms with Crippen molar-refractivity contribution in [1.29, 1.82) is 5.26 Å². The molecule has 0 aliphatic heterocycles. The Kier molecular flexibility index (Phi) is 5.38. The maximum absolute atomic E-state index is 12.3. The molecule has 1 unspecified atom stereocenters. The molecule has 0 saturated carbocycles. The Morgan fingerprint density at radius 2 is 2.04 bits per heavy atom. The molecule has 118 valence electrons. The van der Waals surface area contributed by atoms with Crippen LogP contribution in [0.25, 0.3) is 0 Å². The summed E-state index contributed by atoms with van der Waals surface area (Å²) in [4.78, 5) is 12.3. The van der Waals surface area contributed by atoms with Gasteiger partial charge in [0.1, 0.15) is 5.60 Å². The van der Waals surface area contributed by atoms with Crippen LogP contribution in [0, 0.1) is 11.3 Å². The molecule has 0 aliphatic carbocycles. The predicted molar refractivity (Wildman–Crippen MR) is 89.3 cm³/mol. The van der Waals surface area contributed by atoms with E-state index in [-0.39, 0.29) is 12.5 Å². The zero-order valence-electron chi connectivity index (χ0n) is 13.0. The molecule has 0 aliphatic rings. The van der Waals surface area contributed by atoms with Crippen molar-refractivity contribution in [3.8, 4) is 6.07 Å². The molecule has 23 heavy (non-hydrogen) atoms. The Bertz CT molecular complexity index is 755. The molecule has 0 heterocycles. The van der Waals surface area contributed by atoms with E-state index in [4.69, 9.17) is 21.6 Å². The predicted octanol–water partition coefficient (Wildman–Crippen LogP) is 3.50. The topological polar surface area (TPSA) is 62.1 Å². The van der Waals surface area contributed by atoms with E-state index >= 15 is 0 Å². The second kappa shape index (κ2) is 7.28. The summed E-state index contributed by atoms with van der Waals surface area (Å²) in [5.41, 5.74) is 1.06. The first-order valence-corrected chi connectivity index (χ1v) is 7.46. The monoisotopic (exact) mass is 328 g/mol. The molecule has 1 N–H and O–H groups in total. The Hall–Kier alpha value is -2.35. The maximum atomic E-state index is 12.3. The van der Waals surface area contributed by atoms with Gasteiger partial charge in [-0.2, -0.15) is 5.26 Å². The number of rotatable bonds is 5. The van der Waals surface area contributed by atoms with E-state index in [0.29, 0.717) is 16.1 Å². The van der Waals surface area contributed by atoms with Gasteiger partial charge in [0.25, 0.3) is 5.91 Å². The van der Waals surface area contributed by atoms with E-state index in [1.165, 1.54) is 0 Å². The lowest BCUT2D eigenvalue weighted by Gasteiger charge is -2.29. The van der Waals surface area contributed by atoms with Crippen LogP contribution in [0.4, 0.5) is 0 Å². The summed E-state index contributed by atoms with van der Waals surface area (Å²) in [6, 6.07) is 15.9. The van der Waals surface area contributed by atoms with Crippen LogP contribution >= 0.6 is 11.6 Å². The average Bonchev–Trinajstić information content (AvgIpc) is 2.59. The zero-order chi connectivity index (χ0) is 16.9. The first-order valence-electron chi connectivity index (χ1n) is 7.08. The van der Waals surface area contributed by atoms with Crippen molar-refractivity contribution >= 4 is 17.5 Å². The molecule has 1 amide bonds. The summed E-state index contributed by atoms with van der Waals surface area (Å²) in [5.74, 6) is -0.257. The summed E-state index contributed by atoms with van der Waals surface area (Å²) in [7, 11) is 1.59. The van der Waals surface area contributed by atoms with Gasteiger partial charge in [-0.3, -0.25) is 4.79 Å².